The zero-order valence-corrected chi connectivity index (χ0v) is 12.9. The van der Waals surface area contributed by atoms with Crippen LogP contribution in [0.4, 0.5) is 5.82 Å². The van der Waals surface area contributed by atoms with Crippen molar-refractivity contribution in [2.45, 2.75) is 64.0 Å². The van der Waals surface area contributed by atoms with Gasteiger partial charge in [-0.05, 0) is 46.1 Å². The van der Waals surface area contributed by atoms with Crippen molar-refractivity contribution in [3.8, 4) is 0 Å². The van der Waals surface area contributed by atoms with E-state index in [0.717, 1.165) is 42.4 Å². The highest BCUT2D eigenvalue weighted by atomic mass is 15.2. The number of aromatic nitrogens is 2. The molecule has 2 saturated heterocycles. The zero-order valence-electron chi connectivity index (χ0n) is 12.9. The van der Waals surface area contributed by atoms with Gasteiger partial charge < -0.3 is 10.2 Å². The molecule has 2 unspecified atom stereocenters. The van der Waals surface area contributed by atoms with E-state index in [1.54, 1.807) is 0 Å². The minimum absolute atomic E-state index is 0.547. The summed E-state index contributed by atoms with van der Waals surface area (Å²) in [5, 5.41) is 3.40. The van der Waals surface area contributed by atoms with E-state index in [2.05, 4.69) is 37.2 Å². The van der Waals surface area contributed by atoms with Gasteiger partial charge in [-0.2, -0.15) is 0 Å². The van der Waals surface area contributed by atoms with Gasteiger partial charge in [-0.25, -0.2) is 9.97 Å². The Labute approximate surface area is 122 Å². The summed E-state index contributed by atoms with van der Waals surface area (Å²) in [5.41, 5.74) is 1.08. The maximum atomic E-state index is 4.78. The van der Waals surface area contributed by atoms with Gasteiger partial charge in [0.25, 0.3) is 0 Å². The van der Waals surface area contributed by atoms with Crippen LogP contribution in [0.15, 0.2) is 6.07 Å². The van der Waals surface area contributed by atoms with E-state index in [1.165, 1.54) is 25.7 Å². The van der Waals surface area contributed by atoms with Gasteiger partial charge >= 0.3 is 0 Å². The van der Waals surface area contributed by atoms with Crippen LogP contribution < -0.4 is 5.32 Å². The topological polar surface area (TPSA) is 41.1 Å². The lowest BCUT2D eigenvalue weighted by atomic mass is 9.90. The summed E-state index contributed by atoms with van der Waals surface area (Å²) in [5.74, 6) is 2.61. The molecule has 4 heteroatoms. The lowest BCUT2D eigenvalue weighted by Gasteiger charge is -2.35. The second-order valence-corrected chi connectivity index (χ2v) is 6.40. The van der Waals surface area contributed by atoms with Crippen molar-refractivity contribution in [3.63, 3.8) is 0 Å². The lowest BCUT2D eigenvalue weighted by molar-refractivity contribution is 0.159. The minimum atomic E-state index is 0.547. The molecule has 2 aliphatic rings. The molecule has 3 heterocycles. The van der Waals surface area contributed by atoms with E-state index in [0.29, 0.717) is 5.92 Å². The first-order valence-electron chi connectivity index (χ1n) is 7.98. The molecule has 2 bridgehead atoms. The van der Waals surface area contributed by atoms with Gasteiger partial charge in [-0.15, -0.1) is 0 Å². The molecule has 0 spiro atoms. The maximum absolute atomic E-state index is 4.78. The largest absolute Gasteiger partial charge is 0.370 e. The number of nitrogens with one attached hydrogen (secondary N) is 1. The number of piperidine rings is 1. The lowest BCUT2D eigenvalue weighted by Crippen LogP contribution is -2.39. The number of aryl methyl sites for hydroxylation is 1. The second-order valence-electron chi connectivity index (χ2n) is 6.40. The van der Waals surface area contributed by atoms with Crippen molar-refractivity contribution in [1.29, 1.82) is 0 Å². The van der Waals surface area contributed by atoms with Crippen LogP contribution in [0.1, 0.15) is 56.5 Å². The molecule has 0 saturated carbocycles. The molecule has 2 atom stereocenters. The second kappa shape index (κ2) is 5.68. The standard InChI is InChI=1S/C16H26N4/c1-4-7-17-15-8-11(2)18-16(19-15)12-9-13-5-6-14(10-12)20(13)3/h8,12-14H,4-7,9-10H2,1-3H3,(H,17,18,19). The van der Waals surface area contributed by atoms with Gasteiger partial charge in [-0.3, -0.25) is 0 Å². The highest BCUT2D eigenvalue weighted by Gasteiger charge is 2.39. The van der Waals surface area contributed by atoms with Crippen LogP contribution in [0.25, 0.3) is 0 Å². The molecule has 20 heavy (non-hydrogen) atoms. The van der Waals surface area contributed by atoms with E-state index < -0.39 is 0 Å². The molecule has 3 rings (SSSR count). The monoisotopic (exact) mass is 274 g/mol. The third-order valence-corrected chi connectivity index (χ3v) is 4.89. The third kappa shape index (κ3) is 2.66. The average molecular weight is 274 g/mol. The Hall–Kier alpha value is -1.16. The van der Waals surface area contributed by atoms with Crippen LogP contribution in [0, 0.1) is 6.92 Å². The molecule has 4 nitrogen and oxygen atoms in total. The fourth-order valence-corrected chi connectivity index (χ4v) is 3.74. The number of hydrogen-bond donors (Lipinski definition) is 1. The number of anilines is 1. The molecular weight excluding hydrogens is 248 g/mol. The van der Waals surface area contributed by atoms with Gasteiger partial charge in [0.05, 0.1) is 0 Å². The Bertz CT molecular complexity index is 460. The summed E-state index contributed by atoms with van der Waals surface area (Å²) < 4.78 is 0. The highest BCUT2D eigenvalue weighted by Crippen LogP contribution is 2.41. The van der Waals surface area contributed by atoms with Crippen molar-refractivity contribution in [2.24, 2.45) is 0 Å². The van der Waals surface area contributed by atoms with E-state index in [-0.39, 0.29) is 0 Å². The number of nitrogens with zero attached hydrogens (tertiary/aromatic N) is 3. The molecule has 2 fully saturated rings. The van der Waals surface area contributed by atoms with Crippen LogP contribution in [-0.2, 0) is 0 Å². The molecule has 0 aromatic carbocycles. The first-order valence-corrected chi connectivity index (χ1v) is 7.98. The third-order valence-electron chi connectivity index (χ3n) is 4.89. The predicted octanol–water partition coefficient (Wildman–Crippen LogP) is 2.95. The van der Waals surface area contributed by atoms with Gasteiger partial charge in [0.15, 0.2) is 0 Å². The highest BCUT2D eigenvalue weighted by molar-refractivity contribution is 5.36. The molecule has 1 aromatic rings. The molecule has 2 aliphatic heterocycles. The Morgan fingerprint density at radius 2 is 1.95 bits per heavy atom. The van der Waals surface area contributed by atoms with Gasteiger partial charge in [0, 0.05) is 36.3 Å². The molecule has 110 valence electrons. The zero-order chi connectivity index (χ0) is 14.1. The molecule has 1 aromatic heterocycles. The summed E-state index contributed by atoms with van der Waals surface area (Å²) in [6.45, 7) is 5.23. The first-order chi connectivity index (χ1) is 9.67. The Morgan fingerprint density at radius 1 is 1.25 bits per heavy atom. The smallest absolute Gasteiger partial charge is 0.134 e. The van der Waals surface area contributed by atoms with Crippen LogP contribution in [-0.4, -0.2) is 40.5 Å². The summed E-state index contributed by atoms with van der Waals surface area (Å²) in [6.07, 6.45) is 6.28. The van der Waals surface area contributed by atoms with E-state index in [9.17, 15) is 0 Å². The molecule has 0 aliphatic carbocycles. The quantitative estimate of drug-likeness (QED) is 0.916. The van der Waals surface area contributed by atoms with Crippen LogP contribution >= 0.6 is 0 Å². The minimum Gasteiger partial charge on any atom is -0.370 e. The SMILES string of the molecule is CCCNc1cc(C)nc(C2CC3CCC(C2)N3C)n1. The van der Waals surface area contributed by atoms with Crippen molar-refractivity contribution in [1.82, 2.24) is 14.9 Å². The van der Waals surface area contributed by atoms with Crippen LogP contribution in [0.5, 0.6) is 0 Å². The van der Waals surface area contributed by atoms with Gasteiger partial charge in [-0.1, -0.05) is 6.92 Å². The van der Waals surface area contributed by atoms with E-state index in [1.807, 2.05) is 0 Å². The van der Waals surface area contributed by atoms with Crippen molar-refractivity contribution in [2.75, 3.05) is 18.9 Å². The average Bonchev–Trinajstić information content (AvgIpc) is 2.66. The van der Waals surface area contributed by atoms with Crippen molar-refractivity contribution in [3.05, 3.63) is 17.6 Å². The number of fused-ring (bicyclic) bond motifs is 2. The maximum Gasteiger partial charge on any atom is 0.134 e. The van der Waals surface area contributed by atoms with Crippen LogP contribution in [0.2, 0.25) is 0 Å². The molecular formula is C16H26N4. The fraction of sp³-hybridized carbons (Fsp3) is 0.750. The normalized spacial score (nSPS) is 29.6. The Balaban J connectivity index is 1.78. The van der Waals surface area contributed by atoms with Crippen molar-refractivity contribution >= 4 is 5.82 Å². The molecule has 0 amide bonds. The van der Waals surface area contributed by atoms with Crippen molar-refractivity contribution < 1.29 is 0 Å². The summed E-state index contributed by atoms with van der Waals surface area (Å²) >= 11 is 0. The molecule has 0 radical (unpaired) electrons. The summed E-state index contributed by atoms with van der Waals surface area (Å²) in [6, 6.07) is 3.55. The first kappa shape index (κ1) is 13.8. The predicted molar refractivity (Wildman–Crippen MR) is 82.1 cm³/mol. The van der Waals surface area contributed by atoms with Crippen LogP contribution in [0.3, 0.4) is 0 Å². The molecule has 1 N–H and O–H groups in total. The number of hydrogen-bond acceptors (Lipinski definition) is 4. The Kier molecular flexibility index (Phi) is 3.92. The summed E-state index contributed by atoms with van der Waals surface area (Å²) in [7, 11) is 2.28. The fourth-order valence-electron chi connectivity index (χ4n) is 3.74. The van der Waals surface area contributed by atoms with E-state index in [4.69, 9.17) is 9.97 Å². The van der Waals surface area contributed by atoms with Gasteiger partial charge in [0.1, 0.15) is 11.6 Å². The summed E-state index contributed by atoms with van der Waals surface area (Å²) in [4.78, 5) is 12.1. The Morgan fingerprint density at radius 3 is 2.60 bits per heavy atom. The van der Waals surface area contributed by atoms with E-state index >= 15 is 0 Å². The van der Waals surface area contributed by atoms with Gasteiger partial charge in [0.2, 0.25) is 0 Å². The number of rotatable bonds is 4.